The second kappa shape index (κ2) is 4.99. The topological polar surface area (TPSA) is 119 Å². The minimum absolute atomic E-state index is 0.000995. The zero-order valence-corrected chi connectivity index (χ0v) is 11.6. The average Bonchev–Trinajstić information content (AvgIpc) is 3.19. The molecule has 110 valence electrons. The van der Waals surface area contributed by atoms with Crippen molar-refractivity contribution < 1.29 is 14.8 Å². The molecular formula is C13H12N3O4S-. The molecule has 1 fully saturated rings. The standard InChI is InChI=1S/C13H12N3O4S/c14-11(17)10-8-5-7(16(19)20)3-4-9(8)21-13(10)15-12(18)6-1-2-6/h3-6,19H,1-2H2,(H2,14,17)(H,15,18)/q-1. The number of anilines is 2. The third kappa shape index (κ3) is 2.56. The molecule has 1 aromatic heterocycles. The highest BCUT2D eigenvalue weighted by Gasteiger charge is 2.31. The van der Waals surface area contributed by atoms with Crippen LogP contribution in [0.1, 0.15) is 23.2 Å². The molecule has 8 heteroatoms. The van der Waals surface area contributed by atoms with Crippen molar-refractivity contribution in [3.05, 3.63) is 29.0 Å². The molecule has 1 saturated carbocycles. The smallest absolute Gasteiger partial charge is 0.252 e. The molecule has 7 nitrogen and oxygen atoms in total. The fourth-order valence-electron chi connectivity index (χ4n) is 2.10. The van der Waals surface area contributed by atoms with Gasteiger partial charge < -0.3 is 21.5 Å². The summed E-state index contributed by atoms with van der Waals surface area (Å²) in [5.41, 5.74) is 5.53. The molecule has 3 rings (SSSR count). The SMILES string of the molecule is NC(=O)c1c(NC(=O)C2CC2)sc2ccc(N([O-])O)cc12. The molecule has 0 bridgehead atoms. The Balaban J connectivity index is 2.08. The molecule has 0 radical (unpaired) electrons. The number of rotatable bonds is 4. The first-order valence-corrected chi connectivity index (χ1v) is 7.12. The molecule has 1 heterocycles. The second-order valence-electron chi connectivity index (χ2n) is 4.89. The Morgan fingerprint density at radius 1 is 1.43 bits per heavy atom. The lowest BCUT2D eigenvalue weighted by atomic mass is 10.1. The van der Waals surface area contributed by atoms with Crippen LogP contribution in [0.25, 0.3) is 10.1 Å². The Bertz CT molecular complexity index is 736. The summed E-state index contributed by atoms with van der Waals surface area (Å²) in [6.45, 7) is 0. The quantitative estimate of drug-likeness (QED) is 0.747. The van der Waals surface area contributed by atoms with Gasteiger partial charge in [0.25, 0.3) is 5.91 Å². The van der Waals surface area contributed by atoms with Crippen LogP contribution in [0.5, 0.6) is 0 Å². The lowest BCUT2D eigenvalue weighted by molar-refractivity contribution is -0.117. The van der Waals surface area contributed by atoms with Gasteiger partial charge in [0.15, 0.2) is 0 Å². The van der Waals surface area contributed by atoms with Gasteiger partial charge in [-0.2, -0.15) is 0 Å². The highest BCUT2D eigenvalue weighted by atomic mass is 32.1. The third-order valence-corrected chi connectivity index (χ3v) is 4.41. The number of amides is 2. The Morgan fingerprint density at radius 3 is 2.71 bits per heavy atom. The van der Waals surface area contributed by atoms with E-state index in [1.165, 1.54) is 23.5 Å². The summed E-state index contributed by atoms with van der Waals surface area (Å²) in [4.78, 5) is 23.5. The van der Waals surface area contributed by atoms with E-state index in [0.717, 1.165) is 12.8 Å². The van der Waals surface area contributed by atoms with Gasteiger partial charge in [-0.05, 0) is 31.0 Å². The van der Waals surface area contributed by atoms with Gasteiger partial charge in [-0.3, -0.25) is 14.8 Å². The molecule has 21 heavy (non-hydrogen) atoms. The predicted molar refractivity (Wildman–Crippen MR) is 79.3 cm³/mol. The van der Waals surface area contributed by atoms with Crippen LogP contribution in [0.2, 0.25) is 0 Å². The minimum Gasteiger partial charge on any atom is -0.733 e. The van der Waals surface area contributed by atoms with E-state index in [9.17, 15) is 14.8 Å². The van der Waals surface area contributed by atoms with Gasteiger partial charge in [-0.15, -0.1) is 11.3 Å². The van der Waals surface area contributed by atoms with Crippen LogP contribution in [0, 0.1) is 11.1 Å². The Kier molecular flexibility index (Phi) is 3.28. The zero-order valence-electron chi connectivity index (χ0n) is 10.8. The van der Waals surface area contributed by atoms with Crippen molar-refractivity contribution in [3.63, 3.8) is 0 Å². The molecule has 4 N–H and O–H groups in total. The van der Waals surface area contributed by atoms with Crippen molar-refractivity contribution in [1.29, 1.82) is 0 Å². The molecule has 1 aromatic carbocycles. The molecular weight excluding hydrogens is 294 g/mol. The van der Waals surface area contributed by atoms with Crippen molar-refractivity contribution in [3.8, 4) is 0 Å². The Labute approximate surface area is 123 Å². The molecule has 0 saturated heterocycles. The summed E-state index contributed by atoms with van der Waals surface area (Å²) in [5.74, 6) is -0.821. The average molecular weight is 306 g/mol. The fourth-order valence-corrected chi connectivity index (χ4v) is 3.19. The lowest BCUT2D eigenvalue weighted by Gasteiger charge is -2.21. The van der Waals surface area contributed by atoms with Gasteiger partial charge in [0.05, 0.1) is 11.3 Å². The van der Waals surface area contributed by atoms with Gasteiger partial charge in [-0.25, -0.2) is 0 Å². The predicted octanol–water partition coefficient (Wildman–Crippen LogP) is 2.04. The lowest BCUT2D eigenvalue weighted by Crippen LogP contribution is -2.17. The summed E-state index contributed by atoms with van der Waals surface area (Å²) in [5, 5.41) is 23.1. The third-order valence-electron chi connectivity index (χ3n) is 3.32. The number of nitrogens with zero attached hydrogens (tertiary/aromatic N) is 1. The molecule has 0 atom stereocenters. The second-order valence-corrected chi connectivity index (χ2v) is 5.94. The number of primary amides is 1. The summed E-state index contributed by atoms with van der Waals surface area (Å²) >= 11 is 1.21. The summed E-state index contributed by atoms with van der Waals surface area (Å²) in [6, 6.07) is 4.38. The number of hydrogen-bond acceptors (Lipinski definition) is 6. The first kappa shape index (κ1) is 13.8. The van der Waals surface area contributed by atoms with Gasteiger partial charge in [0.1, 0.15) is 5.00 Å². The summed E-state index contributed by atoms with van der Waals surface area (Å²) in [6.07, 6.45) is 1.70. The number of nitrogens with two attached hydrogens (primary N) is 1. The summed E-state index contributed by atoms with van der Waals surface area (Å²) < 4.78 is 0.695. The number of thiophene rings is 1. The van der Waals surface area contributed by atoms with E-state index in [1.54, 1.807) is 6.07 Å². The van der Waals surface area contributed by atoms with Crippen LogP contribution in [0.3, 0.4) is 0 Å². The molecule has 0 aliphatic heterocycles. The Morgan fingerprint density at radius 2 is 2.14 bits per heavy atom. The van der Waals surface area contributed by atoms with E-state index >= 15 is 0 Å². The monoisotopic (exact) mass is 306 g/mol. The highest BCUT2D eigenvalue weighted by molar-refractivity contribution is 7.23. The van der Waals surface area contributed by atoms with Crippen LogP contribution in [0.4, 0.5) is 10.7 Å². The minimum atomic E-state index is -0.695. The van der Waals surface area contributed by atoms with Crippen LogP contribution in [0.15, 0.2) is 18.2 Å². The zero-order chi connectivity index (χ0) is 15.1. The normalized spacial score (nSPS) is 14.2. The van der Waals surface area contributed by atoms with E-state index < -0.39 is 5.91 Å². The maximum atomic E-state index is 11.8. The number of nitrogens with one attached hydrogen (secondary N) is 1. The van der Waals surface area contributed by atoms with Crippen molar-refractivity contribution in [1.82, 2.24) is 0 Å². The fraction of sp³-hybridized carbons (Fsp3) is 0.231. The highest BCUT2D eigenvalue weighted by Crippen LogP contribution is 2.39. The molecule has 2 aromatic rings. The number of hydrogen-bond donors (Lipinski definition) is 3. The van der Waals surface area contributed by atoms with Crippen molar-refractivity contribution >= 4 is 43.9 Å². The van der Waals surface area contributed by atoms with E-state index in [0.29, 0.717) is 15.1 Å². The summed E-state index contributed by atoms with van der Waals surface area (Å²) in [7, 11) is 0. The number of benzene rings is 1. The van der Waals surface area contributed by atoms with Gasteiger partial charge in [0, 0.05) is 16.0 Å². The number of carbonyl (C=O) groups is 2. The first-order chi connectivity index (χ1) is 9.97. The van der Waals surface area contributed by atoms with Gasteiger partial charge in [0.2, 0.25) is 5.91 Å². The largest absolute Gasteiger partial charge is 0.733 e. The van der Waals surface area contributed by atoms with Gasteiger partial charge in [-0.1, -0.05) is 0 Å². The van der Waals surface area contributed by atoms with Crippen LogP contribution >= 0.6 is 11.3 Å². The van der Waals surface area contributed by atoms with Crippen LogP contribution in [-0.2, 0) is 4.79 Å². The number of fused-ring (bicyclic) bond motifs is 1. The van der Waals surface area contributed by atoms with Crippen molar-refractivity contribution in [2.75, 3.05) is 10.5 Å². The van der Waals surface area contributed by atoms with Crippen molar-refractivity contribution in [2.45, 2.75) is 12.8 Å². The number of carbonyl (C=O) groups excluding carboxylic acids is 2. The first-order valence-electron chi connectivity index (χ1n) is 6.30. The molecule has 1 aliphatic rings. The van der Waals surface area contributed by atoms with Crippen molar-refractivity contribution in [2.24, 2.45) is 11.7 Å². The van der Waals surface area contributed by atoms with Crippen LogP contribution in [-0.4, -0.2) is 17.0 Å². The maximum Gasteiger partial charge on any atom is 0.252 e. The maximum absolute atomic E-state index is 11.8. The molecule has 0 spiro atoms. The van der Waals surface area contributed by atoms with Gasteiger partial charge >= 0.3 is 0 Å². The van der Waals surface area contributed by atoms with E-state index in [4.69, 9.17) is 10.9 Å². The Hall–Kier alpha value is -2.16. The van der Waals surface area contributed by atoms with Crippen LogP contribution < -0.4 is 16.3 Å². The van der Waals surface area contributed by atoms with E-state index in [-0.39, 0.29) is 28.3 Å². The van der Waals surface area contributed by atoms with E-state index in [1.807, 2.05) is 0 Å². The molecule has 1 aliphatic carbocycles. The van der Waals surface area contributed by atoms with E-state index in [2.05, 4.69) is 5.32 Å². The molecule has 2 amide bonds. The molecule has 0 unspecified atom stereocenters.